The zero-order valence-corrected chi connectivity index (χ0v) is 7.20. The summed E-state index contributed by atoms with van der Waals surface area (Å²) in [6.45, 7) is 3.57. The number of allylic oxidation sites excluding steroid dienone is 1. The van der Waals surface area contributed by atoms with Crippen molar-refractivity contribution in [1.29, 1.82) is 0 Å². The minimum absolute atomic E-state index is 0.136. The van der Waals surface area contributed by atoms with Crippen molar-refractivity contribution in [3.8, 4) is 5.88 Å². The van der Waals surface area contributed by atoms with Crippen LogP contribution in [-0.4, -0.2) is 16.4 Å². The largest absolute Gasteiger partial charge is 0.411 e. The fourth-order valence-corrected chi connectivity index (χ4v) is 0.970. The molecule has 0 radical (unpaired) electrons. The van der Waals surface area contributed by atoms with E-state index in [9.17, 15) is 14.4 Å². The third-order valence-corrected chi connectivity index (χ3v) is 1.52. The second-order valence-corrected chi connectivity index (χ2v) is 2.42. The monoisotopic (exact) mass is 196 g/mol. The molecular weight excluding hydrogens is 188 g/mol. The van der Waals surface area contributed by atoms with Gasteiger partial charge in [0.1, 0.15) is 0 Å². The van der Waals surface area contributed by atoms with Crippen LogP contribution < -0.4 is 16.0 Å². The van der Waals surface area contributed by atoms with Gasteiger partial charge in [0.05, 0.1) is 5.56 Å². The van der Waals surface area contributed by atoms with Gasteiger partial charge in [0, 0.05) is 6.42 Å². The Morgan fingerprint density at radius 2 is 2.07 bits per heavy atom. The Labute approximate surface area is 78.2 Å². The van der Waals surface area contributed by atoms with Gasteiger partial charge in [-0.05, 0) is 0 Å². The molecule has 1 rings (SSSR count). The molecule has 74 valence electrons. The van der Waals surface area contributed by atoms with Crippen molar-refractivity contribution < 1.29 is 9.53 Å². The lowest BCUT2D eigenvalue weighted by Crippen LogP contribution is -2.26. The van der Waals surface area contributed by atoms with Crippen LogP contribution in [0.5, 0.6) is 5.88 Å². The van der Waals surface area contributed by atoms with E-state index in [1.54, 1.807) is 0 Å². The minimum atomic E-state index is -0.723. The van der Waals surface area contributed by atoms with Gasteiger partial charge in [-0.3, -0.25) is 19.6 Å². The molecule has 6 nitrogen and oxygen atoms in total. The summed E-state index contributed by atoms with van der Waals surface area (Å²) in [5.41, 5.74) is -1.16. The third kappa shape index (κ3) is 1.98. The van der Waals surface area contributed by atoms with Gasteiger partial charge in [-0.25, -0.2) is 4.79 Å². The van der Waals surface area contributed by atoms with Crippen molar-refractivity contribution in [2.24, 2.45) is 0 Å². The Balaban J connectivity index is 3.35. The van der Waals surface area contributed by atoms with E-state index in [-0.39, 0.29) is 24.3 Å². The smallest absolute Gasteiger partial charge is 0.328 e. The van der Waals surface area contributed by atoms with Gasteiger partial charge in [0.2, 0.25) is 5.88 Å². The highest BCUT2D eigenvalue weighted by atomic mass is 16.5. The van der Waals surface area contributed by atoms with Gasteiger partial charge >= 0.3 is 5.69 Å². The molecule has 14 heavy (non-hydrogen) atoms. The number of hydrogen-bond donors (Lipinski definition) is 2. The number of nitrogens with one attached hydrogen (secondary N) is 2. The summed E-state index contributed by atoms with van der Waals surface area (Å²) in [4.78, 5) is 36.3. The number of rotatable bonds is 4. The minimum Gasteiger partial charge on any atom is -0.411 e. The Morgan fingerprint density at radius 3 is 2.64 bits per heavy atom. The number of aromatic amines is 2. The van der Waals surface area contributed by atoms with Crippen LogP contribution in [0.2, 0.25) is 0 Å². The van der Waals surface area contributed by atoms with Gasteiger partial charge < -0.3 is 4.74 Å². The van der Waals surface area contributed by atoms with Crippen LogP contribution in [0.15, 0.2) is 22.2 Å². The second-order valence-electron chi connectivity index (χ2n) is 2.42. The highest BCUT2D eigenvalue weighted by molar-refractivity contribution is 5.44. The number of H-pyrrole nitrogens is 2. The molecule has 0 bridgehead atoms. The molecule has 0 saturated carbocycles. The first-order valence-electron chi connectivity index (χ1n) is 3.75. The zero-order chi connectivity index (χ0) is 10.6. The normalized spacial score (nSPS) is 9.43. The summed E-state index contributed by atoms with van der Waals surface area (Å²) >= 11 is 0. The summed E-state index contributed by atoms with van der Waals surface area (Å²) in [5.74, 6) is -0.145. The molecule has 1 aromatic heterocycles. The van der Waals surface area contributed by atoms with Crippen LogP contribution in [0.1, 0.15) is 5.56 Å². The molecule has 0 fully saturated rings. The number of aromatic nitrogens is 2. The zero-order valence-electron chi connectivity index (χ0n) is 7.20. The van der Waals surface area contributed by atoms with Crippen molar-refractivity contribution in [1.82, 2.24) is 9.97 Å². The Kier molecular flexibility index (Phi) is 3.01. The maximum atomic E-state index is 11.2. The molecule has 0 atom stereocenters. The molecule has 0 aliphatic rings. The van der Waals surface area contributed by atoms with Crippen LogP contribution in [-0.2, 0) is 11.2 Å². The molecule has 0 aliphatic carbocycles. The van der Waals surface area contributed by atoms with Crippen molar-refractivity contribution in [3.05, 3.63) is 39.1 Å². The maximum absolute atomic E-state index is 11.2. The van der Waals surface area contributed by atoms with Gasteiger partial charge in [0.15, 0.2) is 0 Å². The third-order valence-electron chi connectivity index (χ3n) is 1.52. The summed E-state index contributed by atoms with van der Waals surface area (Å²) in [5, 5.41) is 0. The average Bonchev–Trinajstić information content (AvgIpc) is 2.11. The van der Waals surface area contributed by atoms with E-state index in [0.717, 1.165) is 0 Å². The molecular formula is C8H8N2O4. The predicted molar refractivity (Wildman–Crippen MR) is 48.3 cm³/mol. The maximum Gasteiger partial charge on any atom is 0.328 e. The lowest BCUT2D eigenvalue weighted by Gasteiger charge is -2.01. The van der Waals surface area contributed by atoms with Crippen LogP contribution in [0, 0.1) is 0 Å². The molecule has 0 saturated heterocycles. The van der Waals surface area contributed by atoms with Gasteiger partial charge in [-0.2, -0.15) is 0 Å². The van der Waals surface area contributed by atoms with E-state index in [1.165, 1.54) is 6.08 Å². The standard InChI is InChI=1S/C8H8N2O4/c1-2-3-5-6(12)9-8(13)10-7(5)14-4-11/h2,4H,1,3H2,(H2,9,10,12,13). The molecule has 0 aliphatic heterocycles. The topological polar surface area (TPSA) is 92.0 Å². The molecule has 2 N–H and O–H groups in total. The number of hydrogen-bond acceptors (Lipinski definition) is 4. The predicted octanol–water partition coefficient (Wildman–Crippen LogP) is -0.673. The molecule has 0 aromatic carbocycles. The second kappa shape index (κ2) is 4.22. The lowest BCUT2D eigenvalue weighted by molar-refractivity contribution is -0.121. The summed E-state index contributed by atoms with van der Waals surface area (Å²) in [6, 6.07) is 0. The van der Waals surface area contributed by atoms with Crippen LogP contribution in [0.3, 0.4) is 0 Å². The Hall–Kier alpha value is -2.11. The van der Waals surface area contributed by atoms with E-state index < -0.39 is 11.2 Å². The lowest BCUT2D eigenvalue weighted by atomic mass is 10.2. The van der Waals surface area contributed by atoms with E-state index in [4.69, 9.17) is 0 Å². The molecule has 0 unspecified atom stereocenters. The fraction of sp³-hybridized carbons (Fsp3) is 0.125. The van der Waals surface area contributed by atoms with Crippen LogP contribution >= 0.6 is 0 Å². The SMILES string of the molecule is C=CCc1c(OC=O)[nH]c(=O)[nH]c1=O. The van der Waals surface area contributed by atoms with Crippen LogP contribution in [0.4, 0.5) is 0 Å². The average molecular weight is 196 g/mol. The van der Waals surface area contributed by atoms with E-state index in [2.05, 4.69) is 16.3 Å². The van der Waals surface area contributed by atoms with Gasteiger partial charge in [0.25, 0.3) is 12.0 Å². The summed E-state index contributed by atoms with van der Waals surface area (Å²) < 4.78 is 4.45. The Morgan fingerprint density at radius 1 is 1.36 bits per heavy atom. The van der Waals surface area contributed by atoms with Gasteiger partial charge in [-0.15, -0.1) is 6.58 Å². The molecule has 1 heterocycles. The highest BCUT2D eigenvalue weighted by Gasteiger charge is 2.08. The summed E-state index contributed by atoms with van der Waals surface area (Å²) in [6.07, 6.45) is 1.66. The van der Waals surface area contributed by atoms with Gasteiger partial charge in [-0.1, -0.05) is 6.08 Å². The Bertz CT molecular complexity index is 457. The van der Waals surface area contributed by atoms with E-state index in [0.29, 0.717) is 0 Å². The highest BCUT2D eigenvalue weighted by Crippen LogP contribution is 2.07. The first-order valence-corrected chi connectivity index (χ1v) is 3.75. The first-order chi connectivity index (χ1) is 6.69. The van der Waals surface area contributed by atoms with E-state index in [1.807, 2.05) is 4.98 Å². The van der Waals surface area contributed by atoms with Crippen molar-refractivity contribution >= 4 is 6.47 Å². The first kappa shape index (κ1) is 9.97. The van der Waals surface area contributed by atoms with Crippen LogP contribution in [0.25, 0.3) is 0 Å². The summed E-state index contributed by atoms with van der Waals surface area (Å²) in [7, 11) is 0. The molecule has 0 spiro atoms. The number of carbonyl (C=O) groups is 1. The number of carbonyl (C=O) groups excluding carboxylic acids is 1. The van der Waals surface area contributed by atoms with Crippen molar-refractivity contribution in [2.45, 2.75) is 6.42 Å². The fourth-order valence-electron chi connectivity index (χ4n) is 0.970. The molecule has 1 aromatic rings. The quantitative estimate of drug-likeness (QED) is 0.493. The molecule has 6 heteroatoms. The number of ether oxygens (including phenoxy) is 1. The van der Waals surface area contributed by atoms with Crippen molar-refractivity contribution in [2.75, 3.05) is 0 Å². The molecule has 0 amide bonds. The van der Waals surface area contributed by atoms with Crippen molar-refractivity contribution in [3.63, 3.8) is 0 Å². The van der Waals surface area contributed by atoms with E-state index >= 15 is 0 Å².